The van der Waals surface area contributed by atoms with Crippen LogP contribution in [0.3, 0.4) is 0 Å². The predicted molar refractivity (Wildman–Crippen MR) is 89.3 cm³/mol. The van der Waals surface area contributed by atoms with Crippen molar-refractivity contribution in [3.63, 3.8) is 0 Å². The average Bonchev–Trinajstić information content (AvgIpc) is 3.00. The Hall–Kier alpha value is -1.74. The first-order valence-electron chi connectivity index (χ1n) is 7.71. The summed E-state index contributed by atoms with van der Waals surface area (Å²) in [7, 11) is -3.02. The van der Waals surface area contributed by atoms with Crippen LogP contribution in [0.1, 0.15) is 20.3 Å². The Bertz CT molecular complexity index is 736. The highest BCUT2D eigenvalue weighted by Gasteiger charge is 2.22. The molecule has 0 unspecified atom stereocenters. The highest BCUT2D eigenvalue weighted by Crippen LogP contribution is 2.48. The van der Waals surface area contributed by atoms with Gasteiger partial charge in [0.2, 0.25) is 5.95 Å². The second kappa shape index (κ2) is 8.93. The topological polar surface area (TPSA) is 131 Å². The van der Waals surface area contributed by atoms with Crippen molar-refractivity contribution in [1.29, 1.82) is 0 Å². The minimum Gasteiger partial charge on any atom is -0.361 e. The van der Waals surface area contributed by atoms with Crippen molar-refractivity contribution >= 4 is 24.7 Å². The molecule has 0 radical (unpaired) electrons. The first kappa shape index (κ1) is 18.6. The maximum Gasteiger partial charge on any atom is 0.330 e. The Morgan fingerprint density at radius 2 is 2.04 bits per heavy atom. The van der Waals surface area contributed by atoms with Crippen LogP contribution >= 0.6 is 7.60 Å². The maximum absolute atomic E-state index is 12.2. The number of H-pyrrole nitrogens is 2. The third kappa shape index (κ3) is 5.13. The molecule has 2 aromatic rings. The summed E-state index contributed by atoms with van der Waals surface area (Å²) in [6, 6.07) is 0. The van der Waals surface area contributed by atoms with Gasteiger partial charge in [0.25, 0.3) is 5.56 Å². The number of nitrogens with one attached hydrogen (secondary N) is 3. The number of aromatic amines is 2. The number of imidazole rings is 1. The number of anilines is 1. The Morgan fingerprint density at radius 1 is 1.29 bits per heavy atom. The molecule has 0 aliphatic carbocycles. The molecule has 0 spiro atoms. The minimum atomic E-state index is -3.02. The number of hydrogen-bond acceptors (Lipinski definition) is 8. The fourth-order valence-corrected chi connectivity index (χ4v) is 3.67. The van der Waals surface area contributed by atoms with E-state index >= 15 is 0 Å². The van der Waals surface area contributed by atoms with Gasteiger partial charge in [-0.1, -0.05) is 0 Å². The molecule has 0 fully saturated rings. The van der Waals surface area contributed by atoms with Crippen molar-refractivity contribution in [1.82, 2.24) is 19.9 Å². The van der Waals surface area contributed by atoms with Gasteiger partial charge < -0.3 is 24.1 Å². The monoisotopic (exact) mass is 359 g/mol. The Balaban J connectivity index is 1.72. The van der Waals surface area contributed by atoms with Crippen molar-refractivity contribution < 1.29 is 18.3 Å². The standard InChI is InChI=1S/C13H22N5O5P/c1-3-22-24(20,23-4-2)7-5-6-21-9-16-13-17-11-10(12(19)18-13)14-8-15-11/h8H,3-7,9H2,1-2H3,(H3,14,15,16,17,18,19). The van der Waals surface area contributed by atoms with Crippen LogP contribution in [0.25, 0.3) is 11.2 Å². The zero-order valence-electron chi connectivity index (χ0n) is 13.7. The number of ether oxygens (including phenoxy) is 1. The number of rotatable bonds is 11. The van der Waals surface area contributed by atoms with Crippen LogP contribution in [0, 0.1) is 0 Å². The quantitative estimate of drug-likeness (QED) is 0.314. The van der Waals surface area contributed by atoms with E-state index in [0.29, 0.717) is 43.6 Å². The molecule has 0 amide bonds. The summed E-state index contributed by atoms with van der Waals surface area (Å²) in [5.74, 6) is 0.272. The van der Waals surface area contributed by atoms with Crippen LogP contribution in [0.2, 0.25) is 0 Å². The van der Waals surface area contributed by atoms with E-state index in [1.165, 1.54) is 6.33 Å². The van der Waals surface area contributed by atoms with E-state index in [1.807, 2.05) is 0 Å². The van der Waals surface area contributed by atoms with Crippen molar-refractivity contribution in [2.24, 2.45) is 0 Å². The number of nitrogens with zero attached hydrogens (tertiary/aromatic N) is 2. The summed E-state index contributed by atoms with van der Waals surface area (Å²) in [5.41, 5.74) is 0.342. The third-order valence-electron chi connectivity index (χ3n) is 3.01. The predicted octanol–water partition coefficient (Wildman–Crippen LogP) is 1.69. The van der Waals surface area contributed by atoms with E-state index in [1.54, 1.807) is 13.8 Å². The molecule has 10 nitrogen and oxygen atoms in total. The Morgan fingerprint density at radius 3 is 2.75 bits per heavy atom. The lowest BCUT2D eigenvalue weighted by atomic mass is 10.5. The molecule has 3 N–H and O–H groups in total. The second-order valence-electron chi connectivity index (χ2n) is 4.77. The Kier molecular flexibility index (Phi) is 6.92. The molecule has 0 saturated carbocycles. The lowest BCUT2D eigenvalue weighted by molar-refractivity contribution is 0.149. The molecule has 0 aliphatic rings. The third-order valence-corrected chi connectivity index (χ3v) is 5.18. The fraction of sp³-hybridized carbons (Fsp3) is 0.615. The van der Waals surface area contributed by atoms with Gasteiger partial charge >= 0.3 is 7.60 Å². The molecular formula is C13H22N5O5P. The largest absolute Gasteiger partial charge is 0.361 e. The normalized spacial score (nSPS) is 11.9. The van der Waals surface area contributed by atoms with Gasteiger partial charge in [-0.2, -0.15) is 4.98 Å². The highest BCUT2D eigenvalue weighted by molar-refractivity contribution is 7.53. The molecule has 0 bridgehead atoms. The van der Waals surface area contributed by atoms with Gasteiger partial charge in [-0.25, -0.2) is 4.98 Å². The SMILES string of the molecule is CCOP(=O)(CCCOCNc1nc2nc[nH]c2c(=O)[nH]1)OCC. The van der Waals surface area contributed by atoms with E-state index in [0.717, 1.165) is 0 Å². The van der Waals surface area contributed by atoms with Crippen LogP contribution in [0.4, 0.5) is 5.95 Å². The van der Waals surface area contributed by atoms with Crippen LogP contribution < -0.4 is 10.9 Å². The molecule has 2 rings (SSSR count). The highest BCUT2D eigenvalue weighted by atomic mass is 31.2. The van der Waals surface area contributed by atoms with Gasteiger partial charge in [-0.15, -0.1) is 0 Å². The Labute approximate surface area is 138 Å². The van der Waals surface area contributed by atoms with Crippen molar-refractivity contribution in [3.05, 3.63) is 16.7 Å². The average molecular weight is 359 g/mol. The van der Waals surface area contributed by atoms with Gasteiger partial charge in [0.1, 0.15) is 6.73 Å². The first-order valence-corrected chi connectivity index (χ1v) is 9.44. The van der Waals surface area contributed by atoms with E-state index in [4.69, 9.17) is 13.8 Å². The lowest BCUT2D eigenvalue weighted by Crippen LogP contribution is -2.16. The van der Waals surface area contributed by atoms with E-state index in [9.17, 15) is 9.36 Å². The number of aromatic nitrogens is 4. The van der Waals surface area contributed by atoms with Gasteiger partial charge in [0.15, 0.2) is 11.2 Å². The van der Waals surface area contributed by atoms with E-state index < -0.39 is 7.60 Å². The van der Waals surface area contributed by atoms with E-state index in [-0.39, 0.29) is 18.2 Å². The number of hydrogen-bond donors (Lipinski definition) is 3. The van der Waals surface area contributed by atoms with Gasteiger partial charge in [0.05, 0.1) is 25.7 Å². The molecule has 24 heavy (non-hydrogen) atoms. The smallest absolute Gasteiger partial charge is 0.330 e. The van der Waals surface area contributed by atoms with Crippen LogP contribution in [-0.4, -0.2) is 52.6 Å². The molecule has 0 aliphatic heterocycles. The lowest BCUT2D eigenvalue weighted by Gasteiger charge is -2.16. The first-order chi connectivity index (χ1) is 11.6. The zero-order chi connectivity index (χ0) is 17.4. The molecule has 11 heteroatoms. The number of fused-ring (bicyclic) bond motifs is 1. The van der Waals surface area contributed by atoms with Crippen molar-refractivity contribution in [3.8, 4) is 0 Å². The summed E-state index contributed by atoms with van der Waals surface area (Å²) in [5, 5.41) is 2.84. The molecule has 2 aromatic heterocycles. The minimum absolute atomic E-state index is 0.145. The van der Waals surface area contributed by atoms with Crippen LogP contribution in [0.5, 0.6) is 0 Å². The molecule has 0 saturated heterocycles. The summed E-state index contributed by atoms with van der Waals surface area (Å²) in [6.07, 6.45) is 2.23. The van der Waals surface area contributed by atoms with Crippen molar-refractivity contribution in [2.45, 2.75) is 20.3 Å². The summed E-state index contributed by atoms with van der Waals surface area (Å²) >= 11 is 0. The van der Waals surface area contributed by atoms with Crippen molar-refractivity contribution in [2.75, 3.05) is 38.0 Å². The van der Waals surface area contributed by atoms with E-state index in [2.05, 4.69) is 25.3 Å². The molecule has 2 heterocycles. The molecule has 134 valence electrons. The summed E-state index contributed by atoms with van der Waals surface area (Å²) < 4.78 is 28.0. The molecule has 0 aromatic carbocycles. The second-order valence-corrected chi connectivity index (χ2v) is 6.95. The fourth-order valence-electron chi connectivity index (χ4n) is 2.04. The van der Waals surface area contributed by atoms with Crippen LogP contribution in [-0.2, 0) is 18.3 Å². The molecular weight excluding hydrogens is 337 g/mol. The van der Waals surface area contributed by atoms with Gasteiger partial charge in [-0.05, 0) is 20.3 Å². The maximum atomic E-state index is 12.2. The van der Waals surface area contributed by atoms with Crippen LogP contribution in [0.15, 0.2) is 11.1 Å². The van der Waals surface area contributed by atoms with Gasteiger partial charge in [-0.3, -0.25) is 14.3 Å². The summed E-state index contributed by atoms with van der Waals surface area (Å²) in [6.45, 7) is 4.74. The van der Waals surface area contributed by atoms with Gasteiger partial charge in [0, 0.05) is 6.61 Å². The zero-order valence-corrected chi connectivity index (χ0v) is 14.6. The molecule has 0 atom stereocenters. The summed E-state index contributed by atoms with van der Waals surface area (Å²) in [4.78, 5) is 25.1.